The number of hydrogen-bond donors (Lipinski definition) is 2. The molecule has 2 aromatic rings. The number of nitrogen functional groups attached to an aromatic ring is 1. The topological polar surface area (TPSA) is 99.4 Å². The lowest BCUT2D eigenvalue weighted by molar-refractivity contribution is 0.0600. The number of unbranched alkanes of at least 4 members (excludes halogenated alkanes) is 1. The Morgan fingerprint density at radius 1 is 1.36 bits per heavy atom. The van der Waals surface area contributed by atoms with Gasteiger partial charge in [-0.3, -0.25) is 0 Å². The quantitative estimate of drug-likeness (QED) is 0.561. The lowest BCUT2D eigenvalue weighted by Crippen LogP contribution is -2.09. The summed E-state index contributed by atoms with van der Waals surface area (Å²) in [6.45, 7) is 5.17. The van der Waals surface area contributed by atoms with Crippen molar-refractivity contribution in [3.8, 4) is 5.75 Å². The number of benzene rings is 1. The van der Waals surface area contributed by atoms with Gasteiger partial charge in [0, 0.05) is 6.54 Å². The van der Waals surface area contributed by atoms with Crippen molar-refractivity contribution >= 4 is 17.7 Å². The standard InChI is InChI=1S/C18H24N4O3/c1-4-5-8-20-16-15(10-21-18(19)22-16)25-11-14-7-6-13(9-12(14)2)17(23)24-3/h6-7,9-10H,4-5,8,11H2,1-3H3,(H3,19,20,21,22). The third-order valence-corrected chi connectivity index (χ3v) is 3.74. The molecule has 0 bridgehead atoms. The van der Waals surface area contributed by atoms with Crippen molar-refractivity contribution < 1.29 is 14.3 Å². The van der Waals surface area contributed by atoms with E-state index in [0.29, 0.717) is 23.7 Å². The number of hydrogen-bond acceptors (Lipinski definition) is 7. The molecule has 0 amide bonds. The SMILES string of the molecule is CCCCNc1nc(N)ncc1OCc1ccc(C(=O)OC)cc1C. The molecule has 0 aliphatic heterocycles. The number of methoxy groups -OCH3 is 1. The first kappa shape index (κ1) is 18.5. The minimum absolute atomic E-state index is 0.199. The van der Waals surface area contributed by atoms with E-state index in [2.05, 4.69) is 22.2 Å². The molecule has 0 fully saturated rings. The number of ether oxygens (including phenoxy) is 2. The molecule has 1 heterocycles. The zero-order valence-electron chi connectivity index (χ0n) is 14.8. The van der Waals surface area contributed by atoms with Crippen molar-refractivity contribution in [3.05, 3.63) is 41.1 Å². The molecule has 3 N–H and O–H groups in total. The van der Waals surface area contributed by atoms with Gasteiger partial charge in [-0.15, -0.1) is 0 Å². The summed E-state index contributed by atoms with van der Waals surface area (Å²) in [7, 11) is 1.36. The second-order valence-corrected chi connectivity index (χ2v) is 5.64. The van der Waals surface area contributed by atoms with Crippen molar-refractivity contribution in [2.24, 2.45) is 0 Å². The average molecular weight is 344 g/mol. The van der Waals surface area contributed by atoms with Crippen LogP contribution in [0.5, 0.6) is 5.75 Å². The van der Waals surface area contributed by atoms with Crippen LogP contribution in [-0.2, 0) is 11.3 Å². The van der Waals surface area contributed by atoms with E-state index in [1.165, 1.54) is 7.11 Å². The fourth-order valence-corrected chi connectivity index (χ4v) is 2.26. The van der Waals surface area contributed by atoms with Gasteiger partial charge in [0.1, 0.15) is 6.61 Å². The predicted molar refractivity (Wildman–Crippen MR) is 96.7 cm³/mol. The number of nitrogens with one attached hydrogen (secondary N) is 1. The van der Waals surface area contributed by atoms with Crippen LogP contribution in [0.3, 0.4) is 0 Å². The molecule has 0 atom stereocenters. The van der Waals surface area contributed by atoms with Crippen molar-refractivity contribution in [2.45, 2.75) is 33.3 Å². The number of anilines is 2. The first-order valence-corrected chi connectivity index (χ1v) is 8.22. The van der Waals surface area contributed by atoms with Crippen molar-refractivity contribution in [1.29, 1.82) is 0 Å². The van der Waals surface area contributed by atoms with Gasteiger partial charge in [0.25, 0.3) is 0 Å². The van der Waals surface area contributed by atoms with Gasteiger partial charge in [0.05, 0.1) is 18.9 Å². The summed E-state index contributed by atoms with van der Waals surface area (Å²) in [5, 5.41) is 3.22. The molecule has 1 aromatic carbocycles. The minimum Gasteiger partial charge on any atom is -0.483 e. The molecule has 25 heavy (non-hydrogen) atoms. The highest BCUT2D eigenvalue weighted by Gasteiger charge is 2.10. The van der Waals surface area contributed by atoms with Crippen molar-refractivity contribution in [2.75, 3.05) is 24.7 Å². The van der Waals surface area contributed by atoms with Crippen LogP contribution in [0, 0.1) is 6.92 Å². The summed E-state index contributed by atoms with van der Waals surface area (Å²) in [6.07, 6.45) is 3.67. The van der Waals surface area contributed by atoms with E-state index in [1.54, 1.807) is 18.3 Å². The van der Waals surface area contributed by atoms with Crippen LogP contribution < -0.4 is 15.8 Å². The second kappa shape index (κ2) is 8.86. The lowest BCUT2D eigenvalue weighted by Gasteiger charge is -2.13. The van der Waals surface area contributed by atoms with Gasteiger partial charge in [-0.1, -0.05) is 19.4 Å². The summed E-state index contributed by atoms with van der Waals surface area (Å²) in [5.41, 5.74) is 8.08. The van der Waals surface area contributed by atoms with Crippen LogP contribution in [-0.4, -0.2) is 29.6 Å². The van der Waals surface area contributed by atoms with Crippen LogP contribution >= 0.6 is 0 Å². The summed E-state index contributed by atoms with van der Waals surface area (Å²) in [4.78, 5) is 19.8. The molecule has 7 heteroatoms. The maximum atomic E-state index is 11.6. The Bertz CT molecular complexity index is 734. The van der Waals surface area contributed by atoms with Gasteiger partial charge in [-0.25, -0.2) is 9.78 Å². The molecule has 2 rings (SSSR count). The number of carbonyl (C=O) groups is 1. The van der Waals surface area contributed by atoms with Gasteiger partial charge in [0.2, 0.25) is 5.95 Å². The van der Waals surface area contributed by atoms with Gasteiger partial charge >= 0.3 is 5.97 Å². The largest absolute Gasteiger partial charge is 0.483 e. The Morgan fingerprint density at radius 2 is 2.16 bits per heavy atom. The van der Waals surface area contributed by atoms with Crippen LogP contribution in [0.2, 0.25) is 0 Å². The van der Waals surface area contributed by atoms with E-state index >= 15 is 0 Å². The molecule has 7 nitrogen and oxygen atoms in total. The van der Waals surface area contributed by atoms with Crippen LogP contribution in [0.4, 0.5) is 11.8 Å². The molecule has 0 radical (unpaired) electrons. The highest BCUT2D eigenvalue weighted by atomic mass is 16.5. The number of aromatic nitrogens is 2. The number of carbonyl (C=O) groups excluding carboxylic acids is 1. The first-order chi connectivity index (χ1) is 12.0. The zero-order valence-corrected chi connectivity index (χ0v) is 14.8. The van der Waals surface area contributed by atoms with Gasteiger partial charge in [-0.05, 0) is 36.6 Å². The molecule has 0 unspecified atom stereocenters. The van der Waals surface area contributed by atoms with Crippen LogP contribution in [0.1, 0.15) is 41.3 Å². The van der Waals surface area contributed by atoms with Crippen molar-refractivity contribution in [1.82, 2.24) is 9.97 Å². The van der Waals surface area contributed by atoms with E-state index in [-0.39, 0.29) is 11.9 Å². The number of aryl methyl sites for hydroxylation is 1. The van der Waals surface area contributed by atoms with E-state index in [9.17, 15) is 4.79 Å². The monoisotopic (exact) mass is 344 g/mol. The van der Waals surface area contributed by atoms with Gasteiger partial charge in [-0.2, -0.15) is 4.98 Å². The maximum Gasteiger partial charge on any atom is 0.337 e. The normalized spacial score (nSPS) is 10.4. The summed E-state index contributed by atoms with van der Waals surface area (Å²) >= 11 is 0. The fraction of sp³-hybridized carbons (Fsp3) is 0.389. The Morgan fingerprint density at radius 3 is 2.84 bits per heavy atom. The fourth-order valence-electron chi connectivity index (χ4n) is 2.26. The molecular weight excluding hydrogens is 320 g/mol. The summed E-state index contributed by atoms with van der Waals surface area (Å²) in [5.74, 6) is 0.974. The molecule has 134 valence electrons. The van der Waals surface area contributed by atoms with E-state index in [0.717, 1.165) is 30.5 Å². The Labute approximate surface area is 147 Å². The molecule has 1 aromatic heterocycles. The van der Waals surface area contributed by atoms with E-state index in [4.69, 9.17) is 15.2 Å². The molecule has 0 spiro atoms. The summed E-state index contributed by atoms with van der Waals surface area (Å²) in [6, 6.07) is 5.35. The third-order valence-electron chi connectivity index (χ3n) is 3.74. The second-order valence-electron chi connectivity index (χ2n) is 5.64. The molecular formula is C18H24N4O3. The third kappa shape index (κ3) is 5.07. The Kier molecular flexibility index (Phi) is 6.56. The summed E-state index contributed by atoms with van der Waals surface area (Å²) < 4.78 is 10.6. The van der Waals surface area contributed by atoms with Crippen LogP contribution in [0.15, 0.2) is 24.4 Å². The Hall–Kier alpha value is -2.83. The number of esters is 1. The average Bonchev–Trinajstić information content (AvgIpc) is 2.61. The number of nitrogens with zero attached hydrogens (tertiary/aromatic N) is 2. The smallest absolute Gasteiger partial charge is 0.337 e. The zero-order chi connectivity index (χ0) is 18.2. The van der Waals surface area contributed by atoms with Crippen molar-refractivity contribution in [3.63, 3.8) is 0 Å². The lowest BCUT2D eigenvalue weighted by atomic mass is 10.1. The van der Waals surface area contributed by atoms with E-state index in [1.807, 2.05) is 13.0 Å². The molecule has 0 saturated carbocycles. The number of rotatable bonds is 8. The number of nitrogens with two attached hydrogens (primary N) is 1. The van der Waals surface area contributed by atoms with E-state index < -0.39 is 0 Å². The highest BCUT2D eigenvalue weighted by molar-refractivity contribution is 5.89. The predicted octanol–water partition coefficient (Wildman–Crippen LogP) is 2.94. The highest BCUT2D eigenvalue weighted by Crippen LogP contribution is 2.23. The van der Waals surface area contributed by atoms with Crippen LogP contribution in [0.25, 0.3) is 0 Å². The maximum absolute atomic E-state index is 11.6. The first-order valence-electron chi connectivity index (χ1n) is 8.22. The minimum atomic E-state index is -0.357. The molecule has 0 aliphatic rings. The van der Waals surface area contributed by atoms with Gasteiger partial charge in [0.15, 0.2) is 11.6 Å². The molecule has 0 aliphatic carbocycles. The Balaban J connectivity index is 2.09. The molecule has 0 saturated heterocycles. The van der Waals surface area contributed by atoms with Gasteiger partial charge < -0.3 is 20.5 Å².